The molecule has 3 heteroatoms. The Labute approximate surface area is 159 Å². The second kappa shape index (κ2) is 14.5. The third-order valence-electron chi connectivity index (χ3n) is 3.32. The molecular formula is C22H32N2S. The van der Waals surface area contributed by atoms with Crippen LogP contribution in [0.5, 0.6) is 0 Å². The first kappa shape index (κ1) is 23.1. The van der Waals surface area contributed by atoms with Crippen molar-refractivity contribution in [2.45, 2.75) is 45.4 Å². The first-order valence-electron chi connectivity index (χ1n) is 8.92. The van der Waals surface area contributed by atoms with Crippen LogP contribution >= 0.6 is 12.6 Å². The standard InChI is InChI=1S/C11H15N.C9H11NS.C2H6/c1-4-10-7-6-9(3)8-12-11(10)5-2;1-2-7-10-8-5-3-4-6-9(8)11;1-2/h4-5,7,9H,1-2,6,8H2,3H3;3-7,11H,2H2,1H3;1-2H3. The maximum atomic E-state index is 4.43. The first-order chi connectivity index (χ1) is 12.1. The van der Waals surface area contributed by atoms with E-state index in [1.54, 1.807) is 6.08 Å². The molecular weight excluding hydrogens is 324 g/mol. The van der Waals surface area contributed by atoms with E-state index >= 15 is 0 Å². The highest BCUT2D eigenvalue weighted by molar-refractivity contribution is 7.80. The van der Waals surface area contributed by atoms with Crippen LogP contribution in [-0.4, -0.2) is 18.5 Å². The fraction of sp³-hybridized carbons (Fsp3) is 0.364. The lowest BCUT2D eigenvalue weighted by Crippen LogP contribution is -1.97. The zero-order valence-electron chi connectivity index (χ0n) is 16.1. The third-order valence-corrected chi connectivity index (χ3v) is 3.70. The van der Waals surface area contributed by atoms with Gasteiger partial charge in [0, 0.05) is 17.7 Å². The molecule has 1 aromatic rings. The summed E-state index contributed by atoms with van der Waals surface area (Å²) in [7, 11) is 0. The van der Waals surface area contributed by atoms with E-state index in [9.17, 15) is 0 Å². The molecule has 0 aliphatic carbocycles. The quantitative estimate of drug-likeness (QED) is 0.449. The zero-order valence-corrected chi connectivity index (χ0v) is 17.0. The summed E-state index contributed by atoms with van der Waals surface area (Å²) in [5, 5.41) is 0. The number of hydrogen-bond donors (Lipinski definition) is 1. The maximum Gasteiger partial charge on any atom is 0.0758 e. The highest BCUT2D eigenvalue weighted by atomic mass is 32.1. The lowest BCUT2D eigenvalue weighted by atomic mass is 10.1. The molecule has 2 nitrogen and oxygen atoms in total. The van der Waals surface area contributed by atoms with E-state index in [1.165, 1.54) is 0 Å². The fourth-order valence-corrected chi connectivity index (χ4v) is 2.20. The average molecular weight is 357 g/mol. The number of rotatable bonds is 4. The van der Waals surface area contributed by atoms with Crippen LogP contribution in [0.25, 0.3) is 0 Å². The fourth-order valence-electron chi connectivity index (χ4n) is 1.99. The van der Waals surface area contributed by atoms with Crippen molar-refractivity contribution >= 4 is 30.2 Å². The molecule has 0 radical (unpaired) electrons. The van der Waals surface area contributed by atoms with Crippen LogP contribution in [0.15, 0.2) is 76.1 Å². The van der Waals surface area contributed by atoms with E-state index < -0.39 is 0 Å². The van der Waals surface area contributed by atoms with Crippen molar-refractivity contribution in [3.63, 3.8) is 0 Å². The molecule has 0 saturated carbocycles. The monoisotopic (exact) mass is 356 g/mol. The molecule has 0 aromatic heterocycles. The van der Waals surface area contributed by atoms with Crippen molar-refractivity contribution in [2.24, 2.45) is 15.9 Å². The lowest BCUT2D eigenvalue weighted by molar-refractivity contribution is 0.611. The predicted octanol–water partition coefficient (Wildman–Crippen LogP) is 6.88. The number of aliphatic imine (C=N–C) groups is 2. The van der Waals surface area contributed by atoms with Gasteiger partial charge in [-0.2, -0.15) is 0 Å². The largest absolute Gasteiger partial charge is 0.284 e. The Morgan fingerprint density at radius 3 is 2.48 bits per heavy atom. The Morgan fingerprint density at radius 1 is 1.24 bits per heavy atom. The van der Waals surface area contributed by atoms with Gasteiger partial charge in [-0.3, -0.25) is 9.98 Å². The molecule has 0 N–H and O–H groups in total. The van der Waals surface area contributed by atoms with Crippen molar-refractivity contribution in [1.82, 2.24) is 0 Å². The zero-order chi connectivity index (χ0) is 19.1. The molecule has 1 unspecified atom stereocenters. The molecule has 25 heavy (non-hydrogen) atoms. The Morgan fingerprint density at radius 2 is 1.92 bits per heavy atom. The summed E-state index contributed by atoms with van der Waals surface area (Å²) in [6.07, 6.45) is 9.76. The molecule has 136 valence electrons. The summed E-state index contributed by atoms with van der Waals surface area (Å²) in [5.74, 6) is 0.636. The number of hydrogen-bond acceptors (Lipinski definition) is 3. The number of nitrogens with zero attached hydrogens (tertiary/aromatic N) is 2. The highest BCUT2D eigenvalue weighted by Crippen LogP contribution is 2.21. The van der Waals surface area contributed by atoms with E-state index in [4.69, 9.17) is 0 Å². The number of thiol groups is 1. The minimum atomic E-state index is 0.636. The number of allylic oxidation sites excluding steroid dienone is 4. The Balaban J connectivity index is 0.000000421. The second-order valence-electron chi connectivity index (χ2n) is 5.34. The van der Waals surface area contributed by atoms with Crippen LogP contribution in [0.3, 0.4) is 0 Å². The van der Waals surface area contributed by atoms with Gasteiger partial charge in [0.2, 0.25) is 0 Å². The van der Waals surface area contributed by atoms with Gasteiger partial charge >= 0.3 is 0 Å². The molecule has 0 fully saturated rings. The van der Waals surface area contributed by atoms with E-state index in [1.807, 2.05) is 50.4 Å². The molecule has 0 bridgehead atoms. The Bertz CT molecular complexity index is 586. The molecule has 0 saturated heterocycles. The van der Waals surface area contributed by atoms with Gasteiger partial charge in [-0.15, -0.1) is 12.6 Å². The van der Waals surface area contributed by atoms with Crippen molar-refractivity contribution in [3.05, 3.63) is 61.2 Å². The van der Waals surface area contributed by atoms with Crippen molar-refractivity contribution in [3.8, 4) is 0 Å². The van der Waals surface area contributed by atoms with E-state index in [2.05, 4.69) is 55.7 Å². The van der Waals surface area contributed by atoms with Gasteiger partial charge < -0.3 is 0 Å². The maximum absolute atomic E-state index is 4.43. The third kappa shape index (κ3) is 9.25. The Kier molecular flexibility index (Phi) is 13.4. The molecule has 0 amide bonds. The summed E-state index contributed by atoms with van der Waals surface area (Å²) in [6, 6.07) is 7.80. The molecule has 2 rings (SSSR count). The molecule has 0 spiro atoms. The van der Waals surface area contributed by atoms with Crippen molar-refractivity contribution < 1.29 is 0 Å². The van der Waals surface area contributed by atoms with Crippen LogP contribution in [0.1, 0.15) is 40.5 Å². The second-order valence-corrected chi connectivity index (χ2v) is 5.82. The smallest absolute Gasteiger partial charge is 0.0758 e. The van der Waals surface area contributed by atoms with Gasteiger partial charge in [-0.1, -0.05) is 65.1 Å². The number of benzene rings is 1. The summed E-state index contributed by atoms with van der Waals surface area (Å²) in [4.78, 5) is 9.58. The summed E-state index contributed by atoms with van der Waals surface area (Å²) in [6.45, 7) is 16.6. The van der Waals surface area contributed by atoms with Crippen LogP contribution in [0.2, 0.25) is 0 Å². The SMILES string of the molecule is C=CC1=CCC(C)CN=C1C=C.CC.CCC=Nc1ccccc1S. The average Bonchev–Trinajstić information content (AvgIpc) is 2.84. The van der Waals surface area contributed by atoms with E-state index in [0.29, 0.717) is 5.92 Å². The van der Waals surface area contributed by atoms with E-state index in [0.717, 1.165) is 41.3 Å². The molecule has 1 aliphatic rings. The molecule has 1 heterocycles. The minimum absolute atomic E-state index is 0.636. The topological polar surface area (TPSA) is 24.7 Å². The lowest BCUT2D eigenvalue weighted by Gasteiger charge is -1.99. The minimum Gasteiger partial charge on any atom is -0.284 e. The molecule has 1 aromatic carbocycles. The summed E-state index contributed by atoms with van der Waals surface area (Å²) in [5.41, 5.74) is 3.04. The van der Waals surface area contributed by atoms with Crippen LogP contribution < -0.4 is 0 Å². The van der Waals surface area contributed by atoms with Crippen LogP contribution in [0.4, 0.5) is 5.69 Å². The summed E-state index contributed by atoms with van der Waals surface area (Å²) < 4.78 is 0. The van der Waals surface area contributed by atoms with Gasteiger partial charge in [0.15, 0.2) is 0 Å². The van der Waals surface area contributed by atoms with Crippen molar-refractivity contribution in [1.29, 1.82) is 0 Å². The van der Waals surface area contributed by atoms with Gasteiger partial charge in [0.1, 0.15) is 0 Å². The van der Waals surface area contributed by atoms with Crippen molar-refractivity contribution in [2.75, 3.05) is 6.54 Å². The highest BCUT2D eigenvalue weighted by Gasteiger charge is 2.07. The predicted molar refractivity (Wildman–Crippen MR) is 118 cm³/mol. The van der Waals surface area contributed by atoms with Crippen LogP contribution in [-0.2, 0) is 0 Å². The molecule has 1 atom stereocenters. The molecule has 1 aliphatic heterocycles. The van der Waals surface area contributed by atoms with Gasteiger partial charge in [0.05, 0.1) is 11.4 Å². The van der Waals surface area contributed by atoms with Gasteiger partial charge in [0.25, 0.3) is 0 Å². The van der Waals surface area contributed by atoms with Gasteiger partial charge in [-0.05, 0) is 42.5 Å². The van der Waals surface area contributed by atoms with Crippen LogP contribution in [0, 0.1) is 5.92 Å². The Hall–Kier alpha value is -1.87. The normalized spacial score (nSPS) is 16.3. The first-order valence-corrected chi connectivity index (χ1v) is 9.37. The number of para-hydroxylation sites is 1. The van der Waals surface area contributed by atoms with Gasteiger partial charge in [-0.25, -0.2) is 0 Å². The summed E-state index contributed by atoms with van der Waals surface area (Å²) >= 11 is 4.26. The van der Waals surface area contributed by atoms with E-state index in [-0.39, 0.29) is 0 Å².